The summed E-state index contributed by atoms with van der Waals surface area (Å²) in [5.74, 6) is 1.29. The largest absolute Gasteiger partial charge is 0.507 e. The average molecular weight is 270 g/mol. The number of rotatable bonds is 2. The monoisotopic (exact) mass is 270 g/mol. The van der Waals surface area contributed by atoms with Crippen molar-refractivity contribution in [2.24, 2.45) is 0 Å². The number of benzene rings is 1. The second-order valence-corrected chi connectivity index (χ2v) is 4.98. The highest BCUT2D eigenvalue weighted by atomic mass is 16.5. The zero-order valence-corrected chi connectivity index (χ0v) is 11.5. The molecule has 0 spiro atoms. The molecule has 0 saturated carbocycles. The van der Waals surface area contributed by atoms with Crippen molar-refractivity contribution in [3.63, 3.8) is 0 Å². The van der Waals surface area contributed by atoms with Gasteiger partial charge in [0.1, 0.15) is 11.6 Å². The van der Waals surface area contributed by atoms with Gasteiger partial charge in [-0.15, -0.1) is 0 Å². The molecule has 0 bridgehead atoms. The fourth-order valence-corrected chi connectivity index (χ4v) is 2.54. The number of aromatic nitrogens is 1. The van der Waals surface area contributed by atoms with E-state index in [9.17, 15) is 5.11 Å². The lowest BCUT2D eigenvalue weighted by Crippen LogP contribution is -2.37. The van der Waals surface area contributed by atoms with E-state index in [0.717, 1.165) is 48.8 Å². The van der Waals surface area contributed by atoms with Crippen molar-refractivity contribution < 1.29 is 9.84 Å². The van der Waals surface area contributed by atoms with Crippen LogP contribution in [0.5, 0.6) is 5.75 Å². The molecule has 2 heterocycles. The average Bonchev–Trinajstić information content (AvgIpc) is 2.48. The van der Waals surface area contributed by atoms with Gasteiger partial charge in [0.15, 0.2) is 0 Å². The van der Waals surface area contributed by atoms with Gasteiger partial charge in [-0.3, -0.25) is 0 Å². The van der Waals surface area contributed by atoms with E-state index in [1.54, 1.807) is 6.07 Å². The lowest BCUT2D eigenvalue weighted by molar-refractivity contribution is 0.122. The molecule has 1 aliphatic rings. The minimum Gasteiger partial charge on any atom is -0.507 e. The van der Waals surface area contributed by atoms with Crippen LogP contribution in [0.15, 0.2) is 36.5 Å². The number of ether oxygens (including phenoxy) is 1. The lowest BCUT2D eigenvalue weighted by Gasteiger charge is -2.29. The Morgan fingerprint density at radius 2 is 1.95 bits per heavy atom. The maximum atomic E-state index is 9.92. The van der Waals surface area contributed by atoms with Crippen molar-refractivity contribution in [2.75, 3.05) is 31.2 Å². The molecule has 1 aliphatic heterocycles. The first kappa shape index (κ1) is 12.9. The predicted molar refractivity (Wildman–Crippen MR) is 79.1 cm³/mol. The number of hydrogen-bond donors (Lipinski definition) is 1. The molecule has 1 aromatic heterocycles. The Kier molecular flexibility index (Phi) is 3.56. The van der Waals surface area contributed by atoms with Crippen molar-refractivity contribution in [3.8, 4) is 16.9 Å². The molecule has 1 fully saturated rings. The molecule has 3 rings (SSSR count). The highest BCUT2D eigenvalue weighted by Gasteiger charge is 2.15. The third kappa shape index (κ3) is 2.47. The smallest absolute Gasteiger partial charge is 0.131 e. The van der Waals surface area contributed by atoms with E-state index in [1.165, 1.54) is 0 Å². The molecule has 4 heteroatoms. The summed E-state index contributed by atoms with van der Waals surface area (Å²) >= 11 is 0. The Bertz CT molecular complexity index is 607. The van der Waals surface area contributed by atoms with Crippen LogP contribution in [-0.2, 0) is 4.74 Å². The van der Waals surface area contributed by atoms with Crippen molar-refractivity contribution in [1.82, 2.24) is 4.98 Å². The number of hydrogen-bond acceptors (Lipinski definition) is 4. The van der Waals surface area contributed by atoms with Gasteiger partial charge in [-0.2, -0.15) is 0 Å². The van der Waals surface area contributed by atoms with Gasteiger partial charge in [0.05, 0.1) is 13.2 Å². The maximum Gasteiger partial charge on any atom is 0.131 e. The number of aromatic hydroxyl groups is 1. The molecular formula is C16H18N2O2. The minimum atomic E-state index is 0.285. The summed E-state index contributed by atoms with van der Waals surface area (Å²) in [7, 11) is 0. The molecule has 0 radical (unpaired) electrons. The quantitative estimate of drug-likeness (QED) is 0.911. The minimum absolute atomic E-state index is 0.285. The molecule has 20 heavy (non-hydrogen) atoms. The van der Waals surface area contributed by atoms with E-state index >= 15 is 0 Å². The van der Waals surface area contributed by atoms with Crippen molar-refractivity contribution in [1.29, 1.82) is 0 Å². The van der Waals surface area contributed by atoms with Gasteiger partial charge in [0.2, 0.25) is 0 Å². The summed E-state index contributed by atoms with van der Waals surface area (Å²) in [6.07, 6.45) is 1.83. The van der Waals surface area contributed by atoms with Crippen molar-refractivity contribution >= 4 is 5.82 Å². The van der Waals surface area contributed by atoms with E-state index < -0.39 is 0 Å². The standard InChI is InChI=1S/C16H18N2O2/c1-12-10-13(14-4-2-3-5-15(14)19)11-17-16(12)18-6-8-20-9-7-18/h2-5,10-11,19H,6-9H2,1H3. The molecule has 1 aromatic carbocycles. The first-order valence-electron chi connectivity index (χ1n) is 6.83. The van der Waals surface area contributed by atoms with Gasteiger partial charge in [-0.25, -0.2) is 4.98 Å². The van der Waals surface area contributed by atoms with Crippen LogP contribution in [0, 0.1) is 6.92 Å². The van der Waals surface area contributed by atoms with Crippen LogP contribution in [0.25, 0.3) is 11.1 Å². The number of pyridine rings is 1. The summed E-state index contributed by atoms with van der Waals surface area (Å²) in [6.45, 7) is 5.32. The Balaban J connectivity index is 1.93. The fourth-order valence-electron chi connectivity index (χ4n) is 2.54. The number of para-hydroxylation sites is 1. The first-order chi connectivity index (χ1) is 9.75. The molecule has 2 aromatic rings. The van der Waals surface area contributed by atoms with Gasteiger partial charge in [-0.05, 0) is 24.6 Å². The van der Waals surface area contributed by atoms with Crippen LogP contribution in [0.3, 0.4) is 0 Å². The number of aryl methyl sites for hydroxylation is 1. The summed E-state index contributed by atoms with van der Waals surface area (Å²) in [5, 5.41) is 9.92. The third-order valence-corrected chi connectivity index (χ3v) is 3.58. The molecular weight excluding hydrogens is 252 g/mol. The van der Waals surface area contributed by atoms with E-state index in [-0.39, 0.29) is 5.75 Å². The summed E-state index contributed by atoms with van der Waals surface area (Å²) in [4.78, 5) is 6.82. The molecule has 1 N–H and O–H groups in total. The van der Waals surface area contributed by atoms with Crippen molar-refractivity contribution in [3.05, 3.63) is 42.1 Å². The summed E-state index contributed by atoms with van der Waals surface area (Å²) in [5.41, 5.74) is 2.88. The van der Waals surface area contributed by atoms with Crippen LogP contribution in [0.1, 0.15) is 5.56 Å². The molecule has 1 saturated heterocycles. The fraction of sp³-hybridized carbons (Fsp3) is 0.312. The maximum absolute atomic E-state index is 9.92. The van der Waals surface area contributed by atoms with E-state index in [4.69, 9.17) is 4.74 Å². The van der Waals surface area contributed by atoms with E-state index in [0.29, 0.717) is 0 Å². The lowest BCUT2D eigenvalue weighted by atomic mass is 10.0. The molecule has 0 atom stereocenters. The molecule has 0 amide bonds. The number of morpholine rings is 1. The van der Waals surface area contributed by atoms with Crippen LogP contribution in [0.4, 0.5) is 5.82 Å². The zero-order chi connectivity index (χ0) is 13.9. The van der Waals surface area contributed by atoms with Crippen LogP contribution < -0.4 is 4.90 Å². The molecule has 0 unspecified atom stereocenters. The highest BCUT2D eigenvalue weighted by molar-refractivity contribution is 5.71. The number of phenolic OH excluding ortho intramolecular Hbond substituents is 1. The first-order valence-corrected chi connectivity index (χ1v) is 6.83. The predicted octanol–water partition coefficient (Wildman–Crippen LogP) is 2.60. The van der Waals surface area contributed by atoms with Crippen LogP contribution in [0.2, 0.25) is 0 Å². The van der Waals surface area contributed by atoms with Crippen LogP contribution >= 0.6 is 0 Å². The molecule has 0 aliphatic carbocycles. The second-order valence-electron chi connectivity index (χ2n) is 4.98. The van der Waals surface area contributed by atoms with Gasteiger partial charge in [0, 0.05) is 30.4 Å². The summed E-state index contributed by atoms with van der Waals surface area (Å²) in [6, 6.07) is 9.41. The Morgan fingerprint density at radius 3 is 2.65 bits per heavy atom. The Morgan fingerprint density at radius 1 is 1.20 bits per heavy atom. The second kappa shape index (κ2) is 5.51. The van der Waals surface area contributed by atoms with Gasteiger partial charge in [0.25, 0.3) is 0 Å². The van der Waals surface area contributed by atoms with E-state index in [1.807, 2.05) is 24.4 Å². The number of anilines is 1. The molecule has 4 nitrogen and oxygen atoms in total. The normalized spacial score (nSPS) is 15.3. The highest BCUT2D eigenvalue weighted by Crippen LogP contribution is 2.30. The Labute approximate surface area is 118 Å². The topological polar surface area (TPSA) is 45.6 Å². The zero-order valence-electron chi connectivity index (χ0n) is 11.5. The van der Waals surface area contributed by atoms with Gasteiger partial charge < -0.3 is 14.7 Å². The number of phenols is 1. The summed E-state index contributed by atoms with van der Waals surface area (Å²) < 4.78 is 5.37. The van der Waals surface area contributed by atoms with Gasteiger partial charge >= 0.3 is 0 Å². The third-order valence-electron chi connectivity index (χ3n) is 3.58. The SMILES string of the molecule is Cc1cc(-c2ccccc2O)cnc1N1CCOCC1. The van der Waals surface area contributed by atoms with E-state index in [2.05, 4.69) is 22.9 Å². The molecule has 104 valence electrons. The van der Waals surface area contributed by atoms with Crippen LogP contribution in [-0.4, -0.2) is 36.4 Å². The van der Waals surface area contributed by atoms with Crippen molar-refractivity contribution in [2.45, 2.75) is 6.92 Å². The Hall–Kier alpha value is -2.07. The van der Waals surface area contributed by atoms with Gasteiger partial charge in [-0.1, -0.05) is 18.2 Å². The number of nitrogens with zero attached hydrogens (tertiary/aromatic N) is 2.